The lowest BCUT2D eigenvalue weighted by Crippen LogP contribution is -2.26. The molecule has 0 aromatic carbocycles. The molecule has 0 heterocycles. The van der Waals surface area contributed by atoms with Crippen molar-refractivity contribution in [2.45, 2.75) is 25.5 Å². The van der Waals surface area contributed by atoms with Crippen LogP contribution in [0.3, 0.4) is 0 Å². The van der Waals surface area contributed by atoms with Crippen molar-refractivity contribution in [1.29, 1.82) is 0 Å². The van der Waals surface area contributed by atoms with Crippen molar-refractivity contribution in [2.24, 2.45) is 0 Å². The van der Waals surface area contributed by atoms with Gasteiger partial charge in [-0.3, -0.25) is 0 Å². The van der Waals surface area contributed by atoms with E-state index in [1.807, 2.05) is 14.1 Å². The van der Waals surface area contributed by atoms with Crippen LogP contribution in [-0.2, 0) is 0 Å². The smallest absolute Gasteiger partial charge is 0.0577 e. The van der Waals surface area contributed by atoms with Crippen molar-refractivity contribution >= 4 is 58.1 Å². The monoisotopic (exact) mass is 155 g/mol. The van der Waals surface area contributed by atoms with Crippen molar-refractivity contribution in [3.8, 4) is 0 Å². The van der Waals surface area contributed by atoms with Crippen molar-refractivity contribution in [1.82, 2.24) is 0 Å². The fourth-order valence-electron chi connectivity index (χ4n) is 0.718. The topological polar surface area (TPSA) is 0 Å². The molecule has 0 bridgehead atoms. The molecule has 0 fully saturated rings. The summed E-state index contributed by atoms with van der Waals surface area (Å²) in [6.45, 7) is 4.22. The van der Waals surface area contributed by atoms with Crippen LogP contribution >= 0.6 is 0 Å². The highest BCUT2D eigenvalue weighted by atomic mass is 13.9. The molecule has 0 aromatic heterocycles. The van der Waals surface area contributed by atoms with Crippen LogP contribution in [0, 0.1) is 0 Å². The van der Waals surface area contributed by atoms with Crippen LogP contribution in [0.5, 0.6) is 0 Å². The molecule has 10 radical (unpaired) electrons. The van der Waals surface area contributed by atoms with Gasteiger partial charge in [-0.1, -0.05) is 25.5 Å². The summed E-state index contributed by atoms with van der Waals surface area (Å²) < 4.78 is 0. The molecule has 0 nitrogen and oxygen atoms in total. The second-order valence-electron chi connectivity index (χ2n) is 2.87. The van der Waals surface area contributed by atoms with E-state index in [-0.39, 0.29) is 15.7 Å². The van der Waals surface area contributed by atoms with Crippen LogP contribution in [0.1, 0.15) is 29.5 Å². The van der Waals surface area contributed by atoms with Crippen molar-refractivity contribution in [3.63, 3.8) is 0 Å². The fourth-order valence-corrected chi connectivity index (χ4v) is 0.718. The molecule has 70 valence electrons. The Morgan fingerprint density at radius 3 is 2.17 bits per heavy atom. The van der Waals surface area contributed by atoms with Gasteiger partial charge in [0, 0.05) is 43.7 Å². The number of hydrogen-bond acceptors (Lipinski definition) is 0. The zero-order valence-electron chi connectivity index (χ0n) is 18.8. The zero-order valence-corrected chi connectivity index (χ0v) is 7.77. The summed E-state index contributed by atoms with van der Waals surface area (Å²) in [7, 11) is 21.6. The Morgan fingerprint density at radius 2 is 1.67 bits per heavy atom. The Morgan fingerprint density at radius 1 is 1.00 bits per heavy atom. The van der Waals surface area contributed by atoms with Crippen LogP contribution in [-0.4, -0.2) is 58.1 Å². The van der Waals surface area contributed by atoms with Crippen LogP contribution < -0.4 is 0 Å². The SMILES string of the molecule is [B][B][B][B][B][B]C(C)C(C)[B][B].[H-].[H-].[H-].[H-].[H-].[H-].[H-].[H-].[H-].[H-].[H-]. The summed E-state index contributed by atoms with van der Waals surface area (Å²) in [4.78, 5) is 0. The Bertz CT molecular complexity index is 120. The summed E-state index contributed by atoms with van der Waals surface area (Å²) in [5.41, 5.74) is 0. The fraction of sp³-hybridized carbons (Fsp3) is 1.00. The van der Waals surface area contributed by atoms with E-state index in [0.29, 0.717) is 11.6 Å². The molecule has 0 aliphatic rings. The molecular weight excluding hydrogens is 135 g/mol. The largest absolute Gasteiger partial charge is 1.00 e. The molecule has 0 aliphatic heterocycles. The minimum absolute atomic E-state index is 0. The summed E-state index contributed by atoms with van der Waals surface area (Å²) in [6.07, 6.45) is 0. The quantitative estimate of drug-likeness (QED) is 0.354. The summed E-state index contributed by atoms with van der Waals surface area (Å²) in [5, 5.41) is 0. The first-order chi connectivity index (χ1) is 5.72. The number of rotatable bonds is 7. The maximum Gasteiger partial charge on any atom is 0.0577 e. The molecule has 0 aliphatic carbocycles. The van der Waals surface area contributed by atoms with Gasteiger partial charge in [-0.2, -0.15) is 0 Å². The molecule has 0 amide bonds. The zero-order chi connectivity index (χ0) is 9.40. The van der Waals surface area contributed by atoms with Gasteiger partial charge in [0.15, 0.2) is 0 Å². The molecule has 12 heavy (non-hydrogen) atoms. The lowest BCUT2D eigenvalue weighted by molar-refractivity contribution is 0.869. The maximum absolute atomic E-state index is 5.40. The van der Waals surface area contributed by atoms with Crippen molar-refractivity contribution in [2.75, 3.05) is 0 Å². The predicted octanol–water partition coefficient (Wildman–Crippen LogP) is -0.107. The van der Waals surface area contributed by atoms with E-state index >= 15 is 0 Å². The molecule has 2 atom stereocenters. The maximum atomic E-state index is 5.40. The second-order valence-corrected chi connectivity index (χ2v) is 2.87. The Balaban J connectivity index is -0.0000000110. The lowest BCUT2D eigenvalue weighted by Gasteiger charge is -2.17. The third-order valence-electron chi connectivity index (χ3n) is 1.88. The molecule has 0 saturated carbocycles. The van der Waals surface area contributed by atoms with Gasteiger partial charge in [0.05, 0.1) is 14.3 Å². The third-order valence-corrected chi connectivity index (χ3v) is 1.88. The van der Waals surface area contributed by atoms with Gasteiger partial charge in [-0.25, -0.2) is 0 Å². The van der Waals surface area contributed by atoms with E-state index in [2.05, 4.69) is 21.0 Å². The average molecular weight is 154 g/mol. The number of hydrogen-bond donors (Lipinski definition) is 0. The molecule has 0 spiro atoms. The normalized spacial score (nSPS) is 13.8. The van der Waals surface area contributed by atoms with E-state index < -0.39 is 0 Å². The Kier molecular flexibility index (Phi) is 8.49. The highest BCUT2D eigenvalue weighted by molar-refractivity contribution is 7.57. The Hall–Kier alpha value is 0.519. The minimum atomic E-state index is 0. The van der Waals surface area contributed by atoms with Gasteiger partial charge >= 0.3 is 0 Å². The van der Waals surface area contributed by atoms with Gasteiger partial charge in [-0.05, 0) is 0 Å². The van der Waals surface area contributed by atoms with Crippen LogP contribution in [0.2, 0.25) is 11.6 Å². The van der Waals surface area contributed by atoms with E-state index in [0.717, 1.165) is 0 Å². The summed E-state index contributed by atoms with van der Waals surface area (Å²) >= 11 is 0. The molecular formula is C4H19B8-11. The lowest BCUT2D eigenvalue weighted by atomic mass is 8.98. The first kappa shape index (κ1) is 12.5. The van der Waals surface area contributed by atoms with Crippen molar-refractivity contribution in [3.05, 3.63) is 0 Å². The summed E-state index contributed by atoms with van der Waals surface area (Å²) in [5.74, 6) is 0.883. The average Bonchev–Trinajstić information content (AvgIpc) is 2.10. The predicted molar refractivity (Wildman–Crippen MR) is 77.1 cm³/mol. The highest BCUT2D eigenvalue weighted by Crippen LogP contribution is 2.18. The second kappa shape index (κ2) is 8.13. The molecule has 0 saturated heterocycles. The van der Waals surface area contributed by atoms with Crippen LogP contribution in [0.4, 0.5) is 0 Å². The Labute approximate surface area is 100 Å². The standard InChI is InChI=1S/C4H8B8.11H/c1-3(7-5)4(2)8-10-12-11-9-6;;;;;;;;;;;/h3-4H,1-2H3;;;;;;;;;;;/q;11*-1. The highest BCUT2D eigenvalue weighted by Gasteiger charge is 2.09. The van der Waals surface area contributed by atoms with Crippen LogP contribution in [0.25, 0.3) is 0 Å². The van der Waals surface area contributed by atoms with E-state index in [9.17, 15) is 0 Å². The van der Waals surface area contributed by atoms with Gasteiger partial charge in [0.25, 0.3) is 0 Å². The molecule has 8 heteroatoms. The van der Waals surface area contributed by atoms with Crippen LogP contribution in [0.15, 0.2) is 0 Å². The van der Waals surface area contributed by atoms with E-state index in [1.165, 1.54) is 7.06 Å². The van der Waals surface area contributed by atoms with Gasteiger partial charge in [0.2, 0.25) is 0 Å². The van der Waals surface area contributed by atoms with Gasteiger partial charge in [-0.15, -0.1) is 0 Å². The first-order valence-corrected chi connectivity index (χ1v) is 4.15. The van der Waals surface area contributed by atoms with Crippen molar-refractivity contribution < 1.29 is 15.7 Å². The first-order valence-electron chi connectivity index (χ1n) is 4.15. The van der Waals surface area contributed by atoms with E-state index in [1.54, 1.807) is 14.2 Å². The molecule has 2 unspecified atom stereocenters. The molecule has 0 rings (SSSR count). The van der Waals surface area contributed by atoms with Gasteiger partial charge < -0.3 is 15.7 Å². The third kappa shape index (κ3) is 6.08. The molecule has 0 N–H and O–H groups in total. The van der Waals surface area contributed by atoms with Gasteiger partial charge in [0.1, 0.15) is 0 Å². The minimum Gasteiger partial charge on any atom is -1.00 e. The van der Waals surface area contributed by atoms with E-state index in [4.69, 9.17) is 15.5 Å². The summed E-state index contributed by atoms with van der Waals surface area (Å²) in [6, 6.07) is 0. The molecule has 0 aromatic rings.